The predicted molar refractivity (Wildman–Crippen MR) is 78.0 cm³/mol. The smallest absolute Gasteiger partial charge is 0.346 e. The van der Waals surface area contributed by atoms with E-state index >= 15 is 0 Å². The van der Waals surface area contributed by atoms with Gasteiger partial charge < -0.3 is 10.4 Å². The van der Waals surface area contributed by atoms with Gasteiger partial charge in [0.1, 0.15) is 22.1 Å². The molecular weight excluding hydrogens is 368 g/mol. The van der Waals surface area contributed by atoms with E-state index in [0.29, 0.717) is 5.56 Å². The summed E-state index contributed by atoms with van der Waals surface area (Å²) < 4.78 is 27.5. The van der Waals surface area contributed by atoms with Gasteiger partial charge in [0.05, 0.1) is 5.00 Å². The van der Waals surface area contributed by atoms with Gasteiger partial charge in [0.2, 0.25) is 0 Å². The van der Waals surface area contributed by atoms with Crippen LogP contribution in [0.25, 0.3) is 0 Å². The van der Waals surface area contributed by atoms with Gasteiger partial charge in [-0.05, 0) is 30.7 Å². The molecule has 0 aliphatic carbocycles. The van der Waals surface area contributed by atoms with Crippen LogP contribution in [-0.2, 0) is 0 Å². The molecule has 1 aromatic carbocycles. The molecule has 1 amide bonds. The van der Waals surface area contributed by atoms with Crippen molar-refractivity contribution in [3.8, 4) is 0 Å². The molecule has 0 saturated carbocycles. The van der Waals surface area contributed by atoms with Crippen LogP contribution in [0.5, 0.6) is 0 Å². The molecule has 8 heteroatoms. The van der Waals surface area contributed by atoms with Crippen LogP contribution in [0.4, 0.5) is 13.8 Å². The van der Waals surface area contributed by atoms with Crippen molar-refractivity contribution in [2.45, 2.75) is 6.92 Å². The lowest BCUT2D eigenvalue weighted by Crippen LogP contribution is -2.15. The highest BCUT2D eigenvalue weighted by atomic mass is 79.9. The second-order valence-corrected chi connectivity index (χ2v) is 6.09. The Morgan fingerprint density at radius 1 is 1.24 bits per heavy atom. The fourth-order valence-electron chi connectivity index (χ4n) is 1.69. The zero-order valence-corrected chi connectivity index (χ0v) is 12.9. The number of aryl methyl sites for hydroxylation is 1. The monoisotopic (exact) mass is 375 g/mol. The van der Waals surface area contributed by atoms with E-state index in [1.54, 1.807) is 6.92 Å². The number of thiophene rings is 1. The Labute approximate surface area is 130 Å². The zero-order valence-electron chi connectivity index (χ0n) is 10.5. The molecule has 0 aliphatic rings. The molecule has 0 unspecified atom stereocenters. The number of carboxylic acids is 1. The van der Waals surface area contributed by atoms with E-state index < -0.39 is 29.1 Å². The average Bonchev–Trinajstić information content (AvgIpc) is 2.68. The topological polar surface area (TPSA) is 66.4 Å². The molecule has 0 spiro atoms. The van der Waals surface area contributed by atoms with Gasteiger partial charge in [-0.3, -0.25) is 4.79 Å². The van der Waals surface area contributed by atoms with Crippen molar-refractivity contribution >= 4 is 44.1 Å². The normalized spacial score (nSPS) is 10.5. The van der Waals surface area contributed by atoms with E-state index in [-0.39, 0.29) is 14.4 Å². The molecule has 21 heavy (non-hydrogen) atoms. The molecular formula is C13H8BrF2NO3S. The standard InChI is InChI=1S/C13H8BrF2NO3S/c1-5-2-9(21-11(5)13(19)20)17-12(18)10-7(15)3-6(14)4-8(10)16/h2-4H,1H3,(H,17,18)(H,19,20). The lowest BCUT2D eigenvalue weighted by atomic mass is 10.2. The summed E-state index contributed by atoms with van der Waals surface area (Å²) in [6.45, 7) is 1.57. The average molecular weight is 376 g/mol. The largest absolute Gasteiger partial charge is 0.477 e. The molecule has 110 valence electrons. The van der Waals surface area contributed by atoms with Crippen molar-refractivity contribution in [2.24, 2.45) is 0 Å². The van der Waals surface area contributed by atoms with Crippen molar-refractivity contribution in [1.82, 2.24) is 0 Å². The molecule has 2 rings (SSSR count). The van der Waals surface area contributed by atoms with E-state index in [1.165, 1.54) is 6.07 Å². The number of amides is 1. The van der Waals surface area contributed by atoms with Gasteiger partial charge in [0.25, 0.3) is 5.91 Å². The molecule has 0 radical (unpaired) electrons. The van der Waals surface area contributed by atoms with Crippen LogP contribution < -0.4 is 5.32 Å². The number of hydrogen-bond donors (Lipinski definition) is 2. The molecule has 0 saturated heterocycles. The molecule has 1 aromatic heterocycles. The minimum atomic E-state index is -1.13. The van der Waals surface area contributed by atoms with Gasteiger partial charge >= 0.3 is 5.97 Å². The number of nitrogens with one attached hydrogen (secondary N) is 1. The highest BCUT2D eigenvalue weighted by molar-refractivity contribution is 9.10. The molecule has 0 fully saturated rings. The van der Waals surface area contributed by atoms with Gasteiger partial charge in [-0.25, -0.2) is 13.6 Å². The van der Waals surface area contributed by atoms with E-state index in [4.69, 9.17) is 5.11 Å². The Morgan fingerprint density at radius 2 is 1.81 bits per heavy atom. The summed E-state index contributed by atoms with van der Waals surface area (Å²) in [6, 6.07) is 3.38. The SMILES string of the molecule is Cc1cc(NC(=O)c2c(F)cc(Br)cc2F)sc1C(=O)O. The quantitative estimate of drug-likeness (QED) is 0.850. The van der Waals surface area contributed by atoms with Crippen LogP contribution in [0, 0.1) is 18.6 Å². The number of benzene rings is 1. The van der Waals surface area contributed by atoms with Crippen LogP contribution in [0.15, 0.2) is 22.7 Å². The predicted octanol–water partition coefficient (Wildman–Crippen LogP) is 4.05. The van der Waals surface area contributed by atoms with Gasteiger partial charge in [0.15, 0.2) is 0 Å². The molecule has 1 heterocycles. The van der Waals surface area contributed by atoms with E-state index in [9.17, 15) is 18.4 Å². The van der Waals surface area contributed by atoms with E-state index in [1.807, 2.05) is 0 Å². The van der Waals surface area contributed by atoms with E-state index in [2.05, 4.69) is 21.2 Å². The number of carboxylic acid groups (broad SMARTS) is 1. The highest BCUT2D eigenvalue weighted by Crippen LogP contribution is 2.28. The minimum Gasteiger partial charge on any atom is -0.477 e. The van der Waals surface area contributed by atoms with Crippen molar-refractivity contribution in [3.05, 3.63) is 50.3 Å². The third-order valence-electron chi connectivity index (χ3n) is 2.58. The van der Waals surface area contributed by atoms with Crippen LogP contribution >= 0.6 is 27.3 Å². The van der Waals surface area contributed by atoms with Crippen molar-refractivity contribution < 1.29 is 23.5 Å². The summed E-state index contributed by atoms with van der Waals surface area (Å²) in [6.07, 6.45) is 0. The molecule has 0 bridgehead atoms. The Kier molecular flexibility index (Phi) is 4.38. The Balaban J connectivity index is 2.31. The first-order valence-corrected chi connectivity index (χ1v) is 7.20. The second-order valence-electron chi connectivity index (χ2n) is 4.13. The lowest BCUT2D eigenvalue weighted by Gasteiger charge is -2.05. The van der Waals surface area contributed by atoms with Gasteiger partial charge in [-0.15, -0.1) is 11.3 Å². The summed E-state index contributed by atoms with van der Waals surface area (Å²) in [4.78, 5) is 22.9. The van der Waals surface area contributed by atoms with Gasteiger partial charge in [-0.1, -0.05) is 15.9 Å². The minimum absolute atomic E-state index is 0.0575. The Bertz CT molecular complexity index is 722. The number of anilines is 1. The molecule has 0 atom stereocenters. The molecule has 0 aliphatic heterocycles. The lowest BCUT2D eigenvalue weighted by molar-refractivity contribution is 0.0701. The number of hydrogen-bond acceptors (Lipinski definition) is 3. The maximum absolute atomic E-state index is 13.7. The number of aromatic carboxylic acids is 1. The molecule has 2 N–H and O–H groups in total. The summed E-state index contributed by atoms with van der Waals surface area (Å²) in [7, 11) is 0. The Hall–Kier alpha value is -1.80. The van der Waals surface area contributed by atoms with Crippen LogP contribution in [0.3, 0.4) is 0 Å². The second kappa shape index (κ2) is 5.90. The fraction of sp³-hybridized carbons (Fsp3) is 0.0769. The van der Waals surface area contributed by atoms with Crippen LogP contribution in [0.2, 0.25) is 0 Å². The van der Waals surface area contributed by atoms with Gasteiger partial charge in [-0.2, -0.15) is 0 Å². The summed E-state index contributed by atoms with van der Waals surface area (Å²) in [5.41, 5.74) is -0.263. The van der Waals surface area contributed by atoms with E-state index in [0.717, 1.165) is 23.5 Å². The maximum atomic E-state index is 13.7. The third-order valence-corrected chi connectivity index (χ3v) is 4.18. The third kappa shape index (κ3) is 3.27. The highest BCUT2D eigenvalue weighted by Gasteiger charge is 2.20. The molecule has 4 nitrogen and oxygen atoms in total. The first kappa shape index (κ1) is 15.6. The first-order valence-electron chi connectivity index (χ1n) is 5.59. The number of carbonyl (C=O) groups excluding carboxylic acids is 1. The van der Waals surface area contributed by atoms with Crippen molar-refractivity contribution in [3.63, 3.8) is 0 Å². The van der Waals surface area contributed by atoms with Crippen molar-refractivity contribution in [1.29, 1.82) is 0 Å². The van der Waals surface area contributed by atoms with Crippen LogP contribution in [0.1, 0.15) is 25.6 Å². The summed E-state index contributed by atoms with van der Waals surface area (Å²) >= 11 is 3.74. The summed E-state index contributed by atoms with van der Waals surface area (Å²) in [5.74, 6) is -4.12. The zero-order chi connectivity index (χ0) is 15.7. The summed E-state index contributed by atoms with van der Waals surface area (Å²) in [5, 5.41) is 11.4. The van der Waals surface area contributed by atoms with Crippen molar-refractivity contribution in [2.75, 3.05) is 5.32 Å². The Morgan fingerprint density at radius 3 is 2.29 bits per heavy atom. The first-order chi connectivity index (χ1) is 9.79. The number of carbonyl (C=O) groups is 2. The molecule has 2 aromatic rings. The number of rotatable bonds is 3. The maximum Gasteiger partial charge on any atom is 0.346 e. The van der Waals surface area contributed by atoms with Gasteiger partial charge in [0, 0.05) is 4.47 Å². The fourth-order valence-corrected chi connectivity index (χ4v) is 3.00. The van der Waals surface area contributed by atoms with Crippen LogP contribution in [-0.4, -0.2) is 17.0 Å². The number of halogens is 3.